The first-order valence-corrected chi connectivity index (χ1v) is 6.04. The molecule has 17 heavy (non-hydrogen) atoms. The summed E-state index contributed by atoms with van der Waals surface area (Å²) < 4.78 is 5.21. The highest BCUT2D eigenvalue weighted by atomic mass is 16.5. The number of carbonyl (C=O) groups is 2. The van der Waals surface area contributed by atoms with Gasteiger partial charge in [0.2, 0.25) is 5.91 Å². The quantitative estimate of drug-likeness (QED) is 0.580. The van der Waals surface area contributed by atoms with Crippen LogP contribution in [0, 0.1) is 0 Å². The van der Waals surface area contributed by atoms with Gasteiger partial charge in [0, 0.05) is 33.2 Å². The molecule has 2 aliphatic rings. The molecule has 0 atom stereocenters. The number of ether oxygens (including phenoxy) is 1. The molecule has 6 nitrogen and oxygen atoms in total. The molecular formula is C11H19N3O3. The lowest BCUT2D eigenvalue weighted by molar-refractivity contribution is -0.129. The summed E-state index contributed by atoms with van der Waals surface area (Å²) in [6.45, 7) is 4.02. The van der Waals surface area contributed by atoms with E-state index in [1.165, 1.54) is 0 Å². The second-order valence-electron chi connectivity index (χ2n) is 4.47. The molecule has 0 aromatic rings. The standard InChI is InChI=1S/C11H19N3O3/c1-12-3-2-4-14(9-10(12)15)11(16)13-5-7-17-8-6-13/h2-9H2,1H3. The number of urea groups is 1. The van der Waals surface area contributed by atoms with E-state index in [2.05, 4.69) is 0 Å². The zero-order valence-corrected chi connectivity index (χ0v) is 10.2. The predicted molar refractivity (Wildman–Crippen MR) is 61.6 cm³/mol. The van der Waals surface area contributed by atoms with E-state index in [0.717, 1.165) is 13.0 Å². The average molecular weight is 241 g/mol. The Hall–Kier alpha value is -1.30. The SMILES string of the molecule is CN1CCCN(C(=O)N2CCOCC2)CC1=O. The van der Waals surface area contributed by atoms with E-state index in [9.17, 15) is 9.59 Å². The summed E-state index contributed by atoms with van der Waals surface area (Å²) in [5, 5.41) is 0. The van der Waals surface area contributed by atoms with Gasteiger partial charge in [-0.25, -0.2) is 4.79 Å². The summed E-state index contributed by atoms with van der Waals surface area (Å²) >= 11 is 0. The van der Waals surface area contributed by atoms with Gasteiger partial charge in [-0.15, -0.1) is 0 Å². The van der Waals surface area contributed by atoms with Crippen LogP contribution in [0.5, 0.6) is 0 Å². The van der Waals surface area contributed by atoms with Gasteiger partial charge in [0.25, 0.3) is 0 Å². The van der Waals surface area contributed by atoms with E-state index in [1.54, 1.807) is 21.7 Å². The van der Waals surface area contributed by atoms with Gasteiger partial charge < -0.3 is 19.4 Å². The molecule has 3 amide bonds. The van der Waals surface area contributed by atoms with Crippen molar-refractivity contribution in [1.29, 1.82) is 0 Å². The molecule has 6 heteroatoms. The zero-order chi connectivity index (χ0) is 12.3. The molecule has 0 aromatic heterocycles. The van der Waals surface area contributed by atoms with E-state index >= 15 is 0 Å². The number of hydrogen-bond acceptors (Lipinski definition) is 3. The molecule has 2 fully saturated rings. The lowest BCUT2D eigenvalue weighted by Gasteiger charge is -2.31. The Morgan fingerprint density at radius 1 is 1.12 bits per heavy atom. The Labute approximate surface area is 101 Å². The number of carbonyl (C=O) groups excluding carboxylic acids is 2. The van der Waals surface area contributed by atoms with Crippen molar-refractivity contribution in [2.45, 2.75) is 6.42 Å². The number of nitrogens with zero attached hydrogens (tertiary/aromatic N) is 3. The average Bonchev–Trinajstić information content (AvgIpc) is 2.52. The number of morpholine rings is 1. The highest BCUT2D eigenvalue weighted by Crippen LogP contribution is 2.08. The molecule has 0 unspecified atom stereocenters. The summed E-state index contributed by atoms with van der Waals surface area (Å²) in [6.07, 6.45) is 0.846. The molecule has 2 aliphatic heterocycles. The molecule has 2 heterocycles. The Balaban J connectivity index is 1.95. The van der Waals surface area contributed by atoms with E-state index in [-0.39, 0.29) is 18.5 Å². The first-order chi connectivity index (χ1) is 8.18. The summed E-state index contributed by atoms with van der Waals surface area (Å²) in [5.74, 6) is 0.0177. The van der Waals surface area contributed by atoms with E-state index < -0.39 is 0 Å². The third-order valence-electron chi connectivity index (χ3n) is 3.23. The van der Waals surface area contributed by atoms with Crippen LogP contribution in [0.1, 0.15) is 6.42 Å². The van der Waals surface area contributed by atoms with Crippen molar-refractivity contribution in [3.63, 3.8) is 0 Å². The van der Waals surface area contributed by atoms with Gasteiger partial charge in [0.1, 0.15) is 6.54 Å². The van der Waals surface area contributed by atoms with Crippen LogP contribution in [0.25, 0.3) is 0 Å². The Morgan fingerprint density at radius 2 is 1.82 bits per heavy atom. The molecule has 0 bridgehead atoms. The fourth-order valence-corrected chi connectivity index (χ4v) is 2.10. The Kier molecular flexibility index (Phi) is 3.83. The second-order valence-corrected chi connectivity index (χ2v) is 4.47. The van der Waals surface area contributed by atoms with Crippen molar-refractivity contribution < 1.29 is 14.3 Å². The van der Waals surface area contributed by atoms with E-state index in [1.807, 2.05) is 0 Å². The molecule has 2 rings (SSSR count). The second kappa shape index (κ2) is 5.35. The van der Waals surface area contributed by atoms with Crippen molar-refractivity contribution in [2.24, 2.45) is 0 Å². The first kappa shape index (κ1) is 12.2. The summed E-state index contributed by atoms with van der Waals surface area (Å²) in [7, 11) is 1.78. The number of likely N-dealkylation sites (N-methyl/N-ethyl adjacent to an activating group) is 1. The molecular weight excluding hydrogens is 222 g/mol. The fraction of sp³-hybridized carbons (Fsp3) is 0.818. The Bertz CT molecular complexity index is 302. The largest absolute Gasteiger partial charge is 0.378 e. The van der Waals surface area contributed by atoms with Gasteiger partial charge >= 0.3 is 6.03 Å². The highest BCUT2D eigenvalue weighted by Gasteiger charge is 2.27. The third kappa shape index (κ3) is 2.88. The zero-order valence-electron chi connectivity index (χ0n) is 10.2. The normalized spacial score (nSPS) is 22.6. The molecule has 2 saturated heterocycles. The van der Waals surface area contributed by atoms with Crippen molar-refractivity contribution in [3.05, 3.63) is 0 Å². The van der Waals surface area contributed by atoms with Gasteiger partial charge in [0.15, 0.2) is 0 Å². The smallest absolute Gasteiger partial charge is 0.320 e. The Morgan fingerprint density at radius 3 is 2.53 bits per heavy atom. The van der Waals surface area contributed by atoms with Crippen LogP contribution < -0.4 is 0 Å². The van der Waals surface area contributed by atoms with Gasteiger partial charge in [-0.1, -0.05) is 0 Å². The first-order valence-electron chi connectivity index (χ1n) is 6.04. The molecule has 0 saturated carbocycles. The summed E-state index contributed by atoms with van der Waals surface area (Å²) in [5.41, 5.74) is 0. The molecule has 96 valence electrons. The van der Waals surface area contributed by atoms with Gasteiger partial charge in [-0.3, -0.25) is 4.79 Å². The van der Waals surface area contributed by atoms with Crippen LogP contribution in [0.3, 0.4) is 0 Å². The number of hydrogen-bond donors (Lipinski definition) is 0. The van der Waals surface area contributed by atoms with Gasteiger partial charge in [-0.2, -0.15) is 0 Å². The van der Waals surface area contributed by atoms with Crippen LogP contribution >= 0.6 is 0 Å². The minimum absolute atomic E-state index is 0.0177. The maximum absolute atomic E-state index is 12.2. The van der Waals surface area contributed by atoms with Crippen LogP contribution in [0.2, 0.25) is 0 Å². The number of amides is 3. The molecule has 0 aromatic carbocycles. The number of rotatable bonds is 0. The minimum Gasteiger partial charge on any atom is -0.378 e. The lowest BCUT2D eigenvalue weighted by atomic mass is 10.4. The molecule has 0 radical (unpaired) electrons. The molecule has 0 aliphatic carbocycles. The van der Waals surface area contributed by atoms with Crippen molar-refractivity contribution in [2.75, 3.05) is 53.0 Å². The summed E-state index contributed by atoms with van der Waals surface area (Å²) in [4.78, 5) is 29.0. The van der Waals surface area contributed by atoms with Crippen molar-refractivity contribution in [1.82, 2.24) is 14.7 Å². The van der Waals surface area contributed by atoms with Crippen molar-refractivity contribution in [3.8, 4) is 0 Å². The topological polar surface area (TPSA) is 53.1 Å². The molecule has 0 N–H and O–H groups in total. The maximum atomic E-state index is 12.2. The predicted octanol–water partition coefficient (Wildman–Crippen LogP) is -0.397. The van der Waals surface area contributed by atoms with Crippen LogP contribution in [0.15, 0.2) is 0 Å². The highest BCUT2D eigenvalue weighted by molar-refractivity contribution is 5.84. The third-order valence-corrected chi connectivity index (χ3v) is 3.23. The van der Waals surface area contributed by atoms with Gasteiger partial charge in [0.05, 0.1) is 13.2 Å². The van der Waals surface area contributed by atoms with Crippen molar-refractivity contribution >= 4 is 11.9 Å². The maximum Gasteiger partial charge on any atom is 0.320 e. The van der Waals surface area contributed by atoms with Crippen LogP contribution in [-0.2, 0) is 9.53 Å². The monoisotopic (exact) mass is 241 g/mol. The minimum atomic E-state index is -0.0306. The van der Waals surface area contributed by atoms with Gasteiger partial charge in [-0.05, 0) is 6.42 Å². The summed E-state index contributed by atoms with van der Waals surface area (Å²) in [6, 6.07) is -0.0306. The van der Waals surface area contributed by atoms with Crippen LogP contribution in [0.4, 0.5) is 4.79 Å². The lowest BCUT2D eigenvalue weighted by Crippen LogP contribution is -2.49. The van der Waals surface area contributed by atoms with E-state index in [0.29, 0.717) is 32.8 Å². The van der Waals surface area contributed by atoms with E-state index in [4.69, 9.17) is 4.74 Å². The fourth-order valence-electron chi connectivity index (χ4n) is 2.10. The molecule has 0 spiro atoms. The van der Waals surface area contributed by atoms with Crippen LogP contribution in [-0.4, -0.2) is 79.6 Å².